The Balaban J connectivity index is 3.03. The summed E-state index contributed by atoms with van der Waals surface area (Å²) in [6.07, 6.45) is 0.878. The fraction of sp³-hybridized carbons (Fsp3) is 0.400. The predicted octanol–water partition coefficient (Wildman–Crippen LogP) is 3.82. The van der Waals surface area contributed by atoms with E-state index in [1.807, 2.05) is 14.0 Å². The number of methoxy groups -OCH3 is 2. The monoisotopic (exact) mass is 294 g/mol. The number of benzene rings is 1. The summed E-state index contributed by atoms with van der Waals surface area (Å²) in [5.74, 6) is 1.27. The van der Waals surface area contributed by atoms with Crippen LogP contribution in [0, 0.1) is 6.92 Å². The summed E-state index contributed by atoms with van der Waals surface area (Å²) in [4.78, 5) is 4.67. The van der Waals surface area contributed by atoms with Crippen molar-refractivity contribution < 1.29 is 9.47 Å². The Labute approximate surface area is 124 Å². The quantitative estimate of drug-likeness (QED) is 0.931. The van der Waals surface area contributed by atoms with Gasteiger partial charge < -0.3 is 14.8 Å². The van der Waals surface area contributed by atoms with Gasteiger partial charge in [0.2, 0.25) is 0 Å². The average molecular weight is 295 g/mol. The van der Waals surface area contributed by atoms with Crippen molar-refractivity contribution in [3.05, 3.63) is 22.3 Å². The summed E-state index contributed by atoms with van der Waals surface area (Å²) in [5, 5.41) is 4.63. The maximum Gasteiger partial charge on any atom is 0.149 e. The van der Waals surface area contributed by atoms with Crippen LogP contribution < -0.4 is 14.8 Å². The van der Waals surface area contributed by atoms with Crippen LogP contribution in [0.1, 0.15) is 18.2 Å². The van der Waals surface area contributed by atoms with Crippen molar-refractivity contribution >= 4 is 28.2 Å². The highest BCUT2D eigenvalue weighted by molar-refractivity contribution is 6.34. The van der Waals surface area contributed by atoms with Gasteiger partial charge in [-0.1, -0.05) is 18.5 Å². The van der Waals surface area contributed by atoms with Crippen LogP contribution in [0.15, 0.2) is 6.07 Å². The number of hydrogen-bond acceptors (Lipinski definition) is 4. The van der Waals surface area contributed by atoms with Gasteiger partial charge in [0.15, 0.2) is 0 Å². The number of nitrogens with one attached hydrogen (secondary N) is 1. The van der Waals surface area contributed by atoms with Crippen LogP contribution in [-0.2, 0) is 6.42 Å². The Morgan fingerprint density at radius 2 is 2.00 bits per heavy atom. The minimum atomic E-state index is 0.515. The Morgan fingerprint density at radius 3 is 2.50 bits per heavy atom. The number of hydrogen-bond donors (Lipinski definition) is 1. The van der Waals surface area contributed by atoms with Crippen LogP contribution in [0.5, 0.6) is 11.5 Å². The third-order valence-corrected chi connectivity index (χ3v) is 3.75. The van der Waals surface area contributed by atoms with Crippen LogP contribution in [0.25, 0.3) is 10.9 Å². The summed E-state index contributed by atoms with van der Waals surface area (Å²) in [6.45, 7) is 4.10. The molecule has 1 N–H and O–H groups in total. The first-order valence-corrected chi connectivity index (χ1v) is 6.88. The molecule has 2 aromatic rings. The third kappa shape index (κ3) is 2.14. The highest BCUT2D eigenvalue weighted by Gasteiger charge is 2.20. The zero-order chi connectivity index (χ0) is 14.9. The number of halogens is 1. The average Bonchev–Trinajstić information content (AvgIpc) is 2.45. The Morgan fingerprint density at radius 1 is 1.30 bits per heavy atom. The Kier molecular flexibility index (Phi) is 4.23. The lowest BCUT2D eigenvalue weighted by Gasteiger charge is -2.18. The zero-order valence-corrected chi connectivity index (χ0v) is 13.2. The molecule has 1 heterocycles. The number of nitrogens with zero attached hydrogens (tertiary/aromatic N) is 1. The maximum atomic E-state index is 6.29. The molecule has 0 aliphatic rings. The molecule has 0 unspecified atom stereocenters. The molecule has 0 saturated heterocycles. The van der Waals surface area contributed by atoms with E-state index in [1.54, 1.807) is 20.3 Å². The summed E-state index contributed by atoms with van der Waals surface area (Å²) >= 11 is 6.29. The predicted molar refractivity (Wildman–Crippen MR) is 83.5 cm³/mol. The van der Waals surface area contributed by atoms with Gasteiger partial charge in [-0.15, -0.1) is 0 Å². The van der Waals surface area contributed by atoms with Gasteiger partial charge in [-0.3, -0.25) is 0 Å². The Bertz CT molecular complexity index is 656. The number of ether oxygens (including phenoxy) is 2. The largest absolute Gasteiger partial charge is 0.494 e. The molecule has 1 aromatic heterocycles. The highest BCUT2D eigenvalue weighted by atomic mass is 35.5. The van der Waals surface area contributed by atoms with E-state index < -0.39 is 0 Å². The second-order valence-electron chi connectivity index (χ2n) is 4.47. The standard InChI is InChI=1S/C15H19ClN2O2/c1-6-9-8(2)18-14-11(19-4)7-10(16)15(20-5)12(14)13(9)17-3/h7H,6H2,1-5H3,(H,17,18). The number of aryl methyl sites for hydroxylation is 1. The topological polar surface area (TPSA) is 43.4 Å². The minimum absolute atomic E-state index is 0.515. The summed E-state index contributed by atoms with van der Waals surface area (Å²) in [7, 11) is 5.11. The van der Waals surface area contributed by atoms with Gasteiger partial charge in [0.25, 0.3) is 0 Å². The molecule has 0 fully saturated rings. The lowest BCUT2D eigenvalue weighted by Crippen LogP contribution is -2.04. The van der Waals surface area contributed by atoms with Crippen molar-refractivity contribution in [2.75, 3.05) is 26.6 Å². The first kappa shape index (κ1) is 14.7. The molecule has 0 aliphatic heterocycles. The number of anilines is 1. The number of fused-ring (bicyclic) bond motifs is 1. The van der Waals surface area contributed by atoms with Gasteiger partial charge in [0.1, 0.15) is 17.0 Å². The summed E-state index contributed by atoms with van der Waals surface area (Å²) in [5.41, 5.74) is 3.88. The minimum Gasteiger partial charge on any atom is -0.494 e. The van der Waals surface area contributed by atoms with E-state index >= 15 is 0 Å². The molecular formula is C15H19ClN2O2. The van der Waals surface area contributed by atoms with Gasteiger partial charge in [0.05, 0.1) is 30.3 Å². The van der Waals surface area contributed by atoms with E-state index in [0.29, 0.717) is 16.5 Å². The molecule has 0 spiro atoms. The molecule has 5 heteroatoms. The Hall–Kier alpha value is -1.68. The number of aromatic nitrogens is 1. The molecule has 4 nitrogen and oxygen atoms in total. The van der Waals surface area contributed by atoms with Crippen molar-refractivity contribution in [3.8, 4) is 11.5 Å². The molecule has 0 amide bonds. The molecule has 0 atom stereocenters. The van der Waals surface area contributed by atoms with Crippen LogP contribution in [0.2, 0.25) is 5.02 Å². The van der Waals surface area contributed by atoms with Crippen LogP contribution >= 0.6 is 11.6 Å². The fourth-order valence-corrected chi connectivity index (χ4v) is 2.84. The molecule has 0 bridgehead atoms. The smallest absolute Gasteiger partial charge is 0.149 e. The van der Waals surface area contributed by atoms with Gasteiger partial charge in [-0.25, -0.2) is 4.98 Å². The van der Waals surface area contributed by atoms with Crippen molar-refractivity contribution in [2.45, 2.75) is 20.3 Å². The summed E-state index contributed by atoms with van der Waals surface area (Å²) < 4.78 is 10.9. The van der Waals surface area contributed by atoms with E-state index in [2.05, 4.69) is 17.2 Å². The highest BCUT2D eigenvalue weighted by Crippen LogP contribution is 2.44. The first-order chi connectivity index (χ1) is 9.58. The van der Waals surface area contributed by atoms with Crippen LogP contribution in [0.3, 0.4) is 0 Å². The lowest BCUT2D eigenvalue weighted by atomic mass is 10.0. The van der Waals surface area contributed by atoms with E-state index in [-0.39, 0.29) is 0 Å². The van der Waals surface area contributed by atoms with Crippen LogP contribution in [0.4, 0.5) is 5.69 Å². The molecule has 2 rings (SSSR count). The summed E-state index contributed by atoms with van der Waals surface area (Å²) in [6, 6.07) is 1.74. The second-order valence-corrected chi connectivity index (χ2v) is 4.88. The first-order valence-electron chi connectivity index (χ1n) is 6.50. The SMILES string of the molecule is CCc1c(C)nc2c(OC)cc(Cl)c(OC)c2c1NC. The van der Waals surface area contributed by atoms with E-state index in [9.17, 15) is 0 Å². The number of rotatable bonds is 4. The molecule has 108 valence electrons. The molecule has 20 heavy (non-hydrogen) atoms. The normalized spacial score (nSPS) is 10.7. The number of pyridine rings is 1. The fourth-order valence-electron chi connectivity index (χ4n) is 2.57. The molecular weight excluding hydrogens is 276 g/mol. The van der Waals surface area contributed by atoms with Crippen molar-refractivity contribution in [1.82, 2.24) is 4.98 Å². The van der Waals surface area contributed by atoms with Crippen molar-refractivity contribution in [1.29, 1.82) is 0 Å². The van der Waals surface area contributed by atoms with Crippen LogP contribution in [-0.4, -0.2) is 26.3 Å². The van der Waals surface area contributed by atoms with Gasteiger partial charge in [0, 0.05) is 18.8 Å². The lowest BCUT2D eigenvalue weighted by molar-refractivity contribution is 0.410. The molecule has 0 radical (unpaired) electrons. The van der Waals surface area contributed by atoms with E-state index in [1.165, 1.54) is 0 Å². The van der Waals surface area contributed by atoms with E-state index in [4.69, 9.17) is 21.1 Å². The second kappa shape index (κ2) is 5.75. The molecule has 0 saturated carbocycles. The third-order valence-electron chi connectivity index (χ3n) is 3.47. The molecule has 1 aromatic carbocycles. The van der Waals surface area contributed by atoms with Gasteiger partial charge in [-0.2, -0.15) is 0 Å². The van der Waals surface area contributed by atoms with Crippen molar-refractivity contribution in [3.63, 3.8) is 0 Å². The van der Waals surface area contributed by atoms with Gasteiger partial charge in [-0.05, 0) is 18.9 Å². The van der Waals surface area contributed by atoms with Gasteiger partial charge >= 0.3 is 0 Å². The maximum absolute atomic E-state index is 6.29. The zero-order valence-electron chi connectivity index (χ0n) is 12.4. The van der Waals surface area contributed by atoms with E-state index in [0.717, 1.165) is 34.3 Å². The van der Waals surface area contributed by atoms with Crippen molar-refractivity contribution in [2.24, 2.45) is 0 Å². The molecule has 0 aliphatic carbocycles.